The van der Waals surface area contributed by atoms with Crippen molar-refractivity contribution in [2.75, 3.05) is 49.1 Å². The van der Waals surface area contributed by atoms with E-state index in [1.165, 1.54) is 17.8 Å². The first-order valence-corrected chi connectivity index (χ1v) is 15.3. The number of anilines is 2. The second-order valence-corrected chi connectivity index (χ2v) is 11.6. The Kier molecular flexibility index (Phi) is 9.05. The summed E-state index contributed by atoms with van der Waals surface area (Å²) in [5.74, 6) is -1.28. The van der Waals surface area contributed by atoms with Gasteiger partial charge in [0.1, 0.15) is 11.6 Å². The number of ketones is 1. The number of hydrogen-bond acceptors (Lipinski definition) is 7. The fourth-order valence-electron chi connectivity index (χ4n) is 6.03. The Morgan fingerprint density at radius 2 is 1.52 bits per heavy atom. The number of nitrogens with zero attached hydrogens (tertiary/aromatic N) is 5. The molecule has 0 aliphatic carbocycles. The van der Waals surface area contributed by atoms with Crippen LogP contribution in [-0.2, 0) is 23.8 Å². The lowest BCUT2D eigenvalue weighted by Crippen LogP contribution is -2.49. The van der Waals surface area contributed by atoms with Crippen molar-refractivity contribution in [3.63, 3.8) is 0 Å². The maximum Gasteiger partial charge on any atom is 0.437 e. The van der Waals surface area contributed by atoms with E-state index >= 15 is 0 Å². The number of carbonyl (C=O) groups is 2. The van der Waals surface area contributed by atoms with E-state index in [1.54, 1.807) is 40.1 Å². The summed E-state index contributed by atoms with van der Waals surface area (Å²) in [7, 11) is 0. The Labute approximate surface area is 263 Å². The third kappa shape index (κ3) is 7.05. The number of carbonyl (C=O) groups excluding carboxylic acids is 2. The van der Waals surface area contributed by atoms with E-state index in [9.17, 15) is 27.2 Å². The number of benzene rings is 2. The molecule has 2 aromatic carbocycles. The average molecular weight is 636 g/mol. The van der Waals surface area contributed by atoms with Crippen molar-refractivity contribution in [2.24, 2.45) is 0 Å². The molecule has 2 fully saturated rings. The van der Waals surface area contributed by atoms with Crippen LogP contribution >= 0.6 is 0 Å². The van der Waals surface area contributed by atoms with Gasteiger partial charge in [-0.2, -0.15) is 18.2 Å². The van der Waals surface area contributed by atoms with Crippen molar-refractivity contribution in [3.05, 3.63) is 107 Å². The van der Waals surface area contributed by atoms with Crippen LogP contribution in [0.1, 0.15) is 51.7 Å². The van der Waals surface area contributed by atoms with Gasteiger partial charge in [-0.15, -0.1) is 0 Å². The molecule has 6 rings (SSSR count). The first-order valence-electron chi connectivity index (χ1n) is 15.3. The third-order valence-corrected chi connectivity index (χ3v) is 8.60. The Morgan fingerprint density at radius 1 is 0.826 bits per heavy atom. The van der Waals surface area contributed by atoms with Gasteiger partial charge in [0, 0.05) is 51.9 Å². The summed E-state index contributed by atoms with van der Waals surface area (Å²) in [5, 5.41) is 0. The van der Waals surface area contributed by atoms with Crippen LogP contribution in [0.4, 0.5) is 29.4 Å². The molecule has 2 aromatic heterocycles. The molecule has 2 aliphatic heterocycles. The molecule has 0 spiro atoms. The minimum absolute atomic E-state index is 0.0108. The molecule has 8 nitrogen and oxygen atoms in total. The first-order chi connectivity index (χ1) is 22.2. The zero-order chi connectivity index (χ0) is 32.3. The number of Topliss-reactive ketones (excluding diaryl/α,β-unsaturated/α-hetero) is 1. The van der Waals surface area contributed by atoms with Crippen molar-refractivity contribution in [1.82, 2.24) is 14.9 Å². The van der Waals surface area contributed by atoms with Gasteiger partial charge in [-0.25, -0.2) is 9.37 Å². The highest BCUT2D eigenvalue weighted by Gasteiger charge is 2.42. The minimum atomic E-state index is -4.85. The molecule has 2 saturated heterocycles. The predicted molar refractivity (Wildman–Crippen MR) is 163 cm³/mol. The standard InChI is InChI=1S/C34H33F4N5O3/c35-27-9-5-4-8-26(27)21-30(45)42-18-16-41(17-19-42)29-11-10-23(22-39-29)20-28(44)31-32(34(36,37)38)40-33(46-31)43-14-12-25(13-15-43)24-6-2-1-3-7-24/h1-11,22,25H,12-21H2. The Morgan fingerprint density at radius 3 is 2.17 bits per heavy atom. The number of piperazine rings is 1. The average Bonchev–Trinajstić information content (AvgIpc) is 3.54. The highest BCUT2D eigenvalue weighted by atomic mass is 19.4. The number of alkyl halides is 3. The lowest BCUT2D eigenvalue weighted by Gasteiger charge is -2.35. The monoisotopic (exact) mass is 635 g/mol. The number of halogens is 4. The summed E-state index contributed by atoms with van der Waals surface area (Å²) in [4.78, 5) is 39.3. The molecule has 0 radical (unpaired) electrons. The van der Waals surface area contributed by atoms with Crippen molar-refractivity contribution < 1.29 is 31.6 Å². The fraction of sp³-hybridized carbons (Fsp3) is 0.353. The van der Waals surface area contributed by atoms with Crippen LogP contribution in [-0.4, -0.2) is 65.8 Å². The predicted octanol–water partition coefficient (Wildman–Crippen LogP) is 5.93. The highest BCUT2D eigenvalue weighted by Crippen LogP contribution is 2.36. The molecular weight excluding hydrogens is 602 g/mol. The van der Waals surface area contributed by atoms with Gasteiger partial charge in [0.25, 0.3) is 6.01 Å². The molecule has 0 bridgehead atoms. The molecule has 240 valence electrons. The van der Waals surface area contributed by atoms with Crippen LogP contribution in [0.3, 0.4) is 0 Å². The molecule has 1 amide bonds. The van der Waals surface area contributed by atoms with E-state index in [2.05, 4.69) is 9.97 Å². The van der Waals surface area contributed by atoms with Crippen LogP contribution in [0.5, 0.6) is 0 Å². The number of piperidine rings is 1. The van der Waals surface area contributed by atoms with Crippen molar-refractivity contribution in [1.29, 1.82) is 0 Å². The summed E-state index contributed by atoms with van der Waals surface area (Å²) < 4.78 is 61.2. The van der Waals surface area contributed by atoms with Crippen molar-refractivity contribution in [3.8, 4) is 0 Å². The Hall–Kier alpha value is -4.74. The summed E-state index contributed by atoms with van der Waals surface area (Å²) in [6, 6.07) is 19.3. The van der Waals surface area contributed by atoms with Gasteiger partial charge in [0.2, 0.25) is 17.5 Å². The number of oxazole rings is 1. The van der Waals surface area contributed by atoms with Crippen LogP contribution in [0.2, 0.25) is 0 Å². The maximum atomic E-state index is 14.0. The lowest BCUT2D eigenvalue weighted by molar-refractivity contribution is -0.141. The lowest BCUT2D eigenvalue weighted by atomic mass is 9.90. The number of aromatic nitrogens is 2. The van der Waals surface area contributed by atoms with Gasteiger partial charge in [-0.3, -0.25) is 9.59 Å². The van der Waals surface area contributed by atoms with Gasteiger partial charge in [-0.1, -0.05) is 54.6 Å². The van der Waals surface area contributed by atoms with E-state index in [0.29, 0.717) is 62.1 Å². The molecule has 2 aliphatic rings. The zero-order valence-corrected chi connectivity index (χ0v) is 25.0. The SMILES string of the molecule is O=C(Cc1ccc(N2CCN(C(=O)Cc3ccccc3F)CC2)nc1)c1oc(N2CCC(c3ccccc3)CC2)nc1C(F)(F)F. The van der Waals surface area contributed by atoms with E-state index in [-0.39, 0.29) is 24.8 Å². The van der Waals surface area contributed by atoms with E-state index < -0.39 is 29.2 Å². The highest BCUT2D eigenvalue weighted by molar-refractivity contribution is 5.96. The third-order valence-electron chi connectivity index (χ3n) is 8.60. The molecule has 12 heteroatoms. The van der Waals surface area contributed by atoms with E-state index in [1.807, 2.05) is 35.2 Å². The molecule has 4 heterocycles. The smallest absolute Gasteiger partial charge is 0.420 e. The Bertz CT molecular complexity index is 1660. The van der Waals surface area contributed by atoms with Crippen LogP contribution in [0.25, 0.3) is 0 Å². The molecule has 0 unspecified atom stereocenters. The molecule has 0 N–H and O–H groups in total. The van der Waals surface area contributed by atoms with Crippen LogP contribution in [0, 0.1) is 5.82 Å². The molecule has 0 atom stereocenters. The summed E-state index contributed by atoms with van der Waals surface area (Å²) in [6.07, 6.45) is -2.28. The van der Waals surface area contributed by atoms with Gasteiger partial charge in [0.05, 0.1) is 6.42 Å². The van der Waals surface area contributed by atoms with Gasteiger partial charge in [0.15, 0.2) is 5.69 Å². The molecular formula is C34H33F4N5O3. The molecule has 46 heavy (non-hydrogen) atoms. The number of pyridine rings is 1. The van der Waals surface area contributed by atoms with Crippen LogP contribution in [0.15, 0.2) is 77.3 Å². The number of hydrogen-bond donors (Lipinski definition) is 0. The normalized spacial score (nSPS) is 16.1. The summed E-state index contributed by atoms with van der Waals surface area (Å²) >= 11 is 0. The molecule has 0 saturated carbocycles. The van der Waals surface area contributed by atoms with Crippen molar-refractivity contribution in [2.45, 2.75) is 37.8 Å². The molecule has 4 aromatic rings. The van der Waals surface area contributed by atoms with Gasteiger partial charge < -0.3 is 19.1 Å². The van der Waals surface area contributed by atoms with Gasteiger partial charge in [-0.05, 0) is 47.6 Å². The van der Waals surface area contributed by atoms with E-state index in [0.717, 1.165) is 12.8 Å². The largest absolute Gasteiger partial charge is 0.437 e. The maximum absolute atomic E-state index is 14.0. The zero-order valence-electron chi connectivity index (χ0n) is 25.0. The topological polar surface area (TPSA) is 82.8 Å². The van der Waals surface area contributed by atoms with Gasteiger partial charge >= 0.3 is 6.18 Å². The van der Waals surface area contributed by atoms with Crippen molar-refractivity contribution >= 4 is 23.5 Å². The quantitative estimate of drug-likeness (QED) is 0.175. The summed E-state index contributed by atoms with van der Waals surface area (Å²) in [6.45, 7) is 2.81. The second kappa shape index (κ2) is 13.3. The fourth-order valence-corrected chi connectivity index (χ4v) is 6.03. The number of rotatable bonds is 8. The number of amides is 1. The van der Waals surface area contributed by atoms with Crippen LogP contribution < -0.4 is 9.80 Å². The Balaban J connectivity index is 1.06. The summed E-state index contributed by atoms with van der Waals surface area (Å²) in [5.41, 5.74) is 0.663. The van der Waals surface area contributed by atoms with E-state index in [4.69, 9.17) is 4.42 Å². The first kappa shape index (κ1) is 31.3. The minimum Gasteiger partial charge on any atom is -0.420 e. The second-order valence-electron chi connectivity index (χ2n) is 11.6.